The number of hydrogen-bond donors (Lipinski definition) is 0. The van der Waals surface area contributed by atoms with Crippen LogP contribution >= 0.6 is 11.6 Å². The van der Waals surface area contributed by atoms with Gasteiger partial charge in [-0.15, -0.1) is 13.2 Å². The number of hydrogen-bond acceptors (Lipinski definition) is 3. The van der Waals surface area contributed by atoms with E-state index in [9.17, 15) is 22.8 Å². The van der Waals surface area contributed by atoms with Gasteiger partial charge in [0, 0.05) is 25.5 Å². The lowest BCUT2D eigenvalue weighted by atomic mass is 10.1. The van der Waals surface area contributed by atoms with E-state index in [0.717, 1.165) is 11.8 Å². The number of nitrogens with zero attached hydrogens (tertiary/aromatic N) is 4. The molecule has 0 aliphatic carbocycles. The van der Waals surface area contributed by atoms with Crippen molar-refractivity contribution in [3.63, 3.8) is 0 Å². The van der Waals surface area contributed by atoms with E-state index in [1.807, 2.05) is 0 Å². The van der Waals surface area contributed by atoms with E-state index < -0.39 is 12.2 Å². The Kier molecular flexibility index (Phi) is 3.71. The van der Waals surface area contributed by atoms with Gasteiger partial charge in [-0.2, -0.15) is 9.78 Å². The second-order valence-electron chi connectivity index (χ2n) is 5.53. The van der Waals surface area contributed by atoms with Crippen LogP contribution in [0.3, 0.4) is 0 Å². The molecule has 10 heteroatoms. The number of aromatic nitrogens is 3. The molecule has 24 heavy (non-hydrogen) atoms. The molecule has 2 aromatic heterocycles. The predicted octanol–water partition coefficient (Wildman–Crippen LogP) is 2.18. The van der Waals surface area contributed by atoms with E-state index in [4.69, 9.17) is 11.6 Å². The Morgan fingerprint density at radius 2 is 2.00 bits per heavy atom. The SMILES string of the molecule is Cc1c2c(n(C)c(=O)c1Cl)CN(C(=O)c1cnn(C(F)(F)F)c1)C2. The number of halogens is 4. The van der Waals surface area contributed by atoms with Gasteiger partial charge in [0.05, 0.1) is 18.3 Å². The van der Waals surface area contributed by atoms with Crippen LogP contribution < -0.4 is 5.56 Å². The predicted molar refractivity (Wildman–Crippen MR) is 78.5 cm³/mol. The lowest BCUT2D eigenvalue weighted by Crippen LogP contribution is -2.26. The van der Waals surface area contributed by atoms with E-state index in [-0.39, 0.29) is 33.9 Å². The number of pyridine rings is 1. The Morgan fingerprint density at radius 1 is 1.33 bits per heavy atom. The summed E-state index contributed by atoms with van der Waals surface area (Å²) < 4.78 is 38.9. The summed E-state index contributed by atoms with van der Waals surface area (Å²) in [6.07, 6.45) is -3.16. The van der Waals surface area contributed by atoms with Gasteiger partial charge >= 0.3 is 6.30 Å². The van der Waals surface area contributed by atoms with Gasteiger partial charge in [-0.1, -0.05) is 11.6 Å². The van der Waals surface area contributed by atoms with Crippen molar-refractivity contribution in [3.05, 3.63) is 50.2 Å². The molecule has 0 radical (unpaired) electrons. The zero-order valence-electron chi connectivity index (χ0n) is 12.7. The monoisotopic (exact) mass is 360 g/mol. The fourth-order valence-electron chi connectivity index (χ4n) is 2.72. The third kappa shape index (κ3) is 2.48. The van der Waals surface area contributed by atoms with Crippen molar-refractivity contribution >= 4 is 17.5 Å². The summed E-state index contributed by atoms with van der Waals surface area (Å²) in [4.78, 5) is 25.8. The Balaban J connectivity index is 1.92. The molecule has 1 aliphatic heterocycles. The summed E-state index contributed by atoms with van der Waals surface area (Å²) in [6, 6.07) is 0. The van der Waals surface area contributed by atoms with Crippen LogP contribution in [-0.2, 0) is 26.4 Å². The third-order valence-corrected chi connectivity index (χ3v) is 4.54. The molecule has 0 fully saturated rings. The molecular weight excluding hydrogens is 349 g/mol. The number of alkyl halides is 3. The number of fused-ring (bicyclic) bond motifs is 1. The van der Waals surface area contributed by atoms with Gasteiger partial charge in [0.2, 0.25) is 0 Å². The van der Waals surface area contributed by atoms with E-state index in [2.05, 4.69) is 5.10 Å². The number of carbonyl (C=O) groups excluding carboxylic acids is 1. The van der Waals surface area contributed by atoms with E-state index >= 15 is 0 Å². The molecule has 0 saturated heterocycles. The lowest BCUT2D eigenvalue weighted by Gasteiger charge is -2.14. The van der Waals surface area contributed by atoms with Crippen LogP contribution in [0.4, 0.5) is 13.2 Å². The summed E-state index contributed by atoms with van der Waals surface area (Å²) in [5.74, 6) is -0.593. The first-order valence-electron chi connectivity index (χ1n) is 6.89. The summed E-state index contributed by atoms with van der Waals surface area (Å²) in [6.45, 7) is 1.97. The van der Waals surface area contributed by atoms with Crippen LogP contribution in [0, 0.1) is 6.92 Å². The second-order valence-corrected chi connectivity index (χ2v) is 5.91. The largest absolute Gasteiger partial charge is 0.504 e. The molecule has 0 N–H and O–H groups in total. The number of amides is 1. The average molecular weight is 361 g/mol. The van der Waals surface area contributed by atoms with Crippen molar-refractivity contribution in [3.8, 4) is 0 Å². The molecule has 0 unspecified atom stereocenters. The molecule has 6 nitrogen and oxygen atoms in total. The topological polar surface area (TPSA) is 60.1 Å². The fraction of sp³-hybridized carbons (Fsp3) is 0.357. The first kappa shape index (κ1) is 16.6. The normalized spacial score (nSPS) is 14.2. The number of rotatable bonds is 1. The maximum Gasteiger partial charge on any atom is 0.504 e. The highest BCUT2D eigenvalue weighted by Gasteiger charge is 2.34. The molecule has 0 atom stereocenters. The zero-order valence-corrected chi connectivity index (χ0v) is 13.4. The van der Waals surface area contributed by atoms with Crippen molar-refractivity contribution in [2.45, 2.75) is 26.3 Å². The summed E-state index contributed by atoms with van der Waals surface area (Å²) >= 11 is 5.99. The zero-order chi connectivity index (χ0) is 17.8. The maximum absolute atomic E-state index is 12.6. The highest BCUT2D eigenvalue weighted by Crippen LogP contribution is 2.29. The molecule has 3 rings (SSSR count). The minimum atomic E-state index is -4.68. The van der Waals surface area contributed by atoms with Crippen LogP contribution in [0.5, 0.6) is 0 Å². The Morgan fingerprint density at radius 3 is 2.58 bits per heavy atom. The van der Waals surface area contributed by atoms with Gasteiger partial charge in [0.15, 0.2) is 0 Å². The highest BCUT2D eigenvalue weighted by molar-refractivity contribution is 6.31. The fourth-order valence-corrected chi connectivity index (χ4v) is 2.96. The summed E-state index contributed by atoms with van der Waals surface area (Å²) in [7, 11) is 1.54. The minimum Gasteiger partial charge on any atom is -0.328 e. The van der Waals surface area contributed by atoms with Crippen LogP contribution in [0.1, 0.15) is 27.2 Å². The summed E-state index contributed by atoms with van der Waals surface area (Å²) in [5, 5.41) is 3.24. The number of carbonyl (C=O) groups is 1. The van der Waals surface area contributed by atoms with Gasteiger partial charge in [-0.05, 0) is 18.1 Å². The van der Waals surface area contributed by atoms with Gasteiger partial charge in [0.25, 0.3) is 11.5 Å². The molecule has 0 aromatic carbocycles. The smallest absolute Gasteiger partial charge is 0.328 e. The third-order valence-electron chi connectivity index (χ3n) is 4.09. The molecule has 2 aromatic rings. The Bertz CT molecular complexity index is 901. The maximum atomic E-state index is 12.6. The van der Waals surface area contributed by atoms with Crippen molar-refractivity contribution in [1.29, 1.82) is 0 Å². The first-order valence-corrected chi connectivity index (χ1v) is 7.27. The molecule has 0 saturated carbocycles. The van der Waals surface area contributed by atoms with Crippen molar-refractivity contribution in [1.82, 2.24) is 19.2 Å². The van der Waals surface area contributed by atoms with Gasteiger partial charge in [0.1, 0.15) is 5.02 Å². The van der Waals surface area contributed by atoms with Crippen molar-refractivity contribution in [2.24, 2.45) is 7.05 Å². The van der Waals surface area contributed by atoms with Crippen LogP contribution in [-0.4, -0.2) is 25.2 Å². The van der Waals surface area contributed by atoms with Crippen LogP contribution in [0.15, 0.2) is 17.2 Å². The van der Waals surface area contributed by atoms with E-state index in [1.54, 1.807) is 14.0 Å². The van der Waals surface area contributed by atoms with E-state index in [0.29, 0.717) is 17.5 Å². The van der Waals surface area contributed by atoms with Crippen LogP contribution in [0.2, 0.25) is 5.02 Å². The quantitative estimate of drug-likeness (QED) is 0.783. The standard InChI is InChI=1S/C14H12ClF3N4O2/c1-7-9-5-21(6-10(9)20(2)13(24)11(7)15)12(23)8-3-19-22(4-8)14(16,17)18/h3-4H,5-6H2,1-2H3. The molecule has 128 valence electrons. The highest BCUT2D eigenvalue weighted by atomic mass is 35.5. The molecule has 1 aliphatic rings. The van der Waals surface area contributed by atoms with Crippen LogP contribution in [0.25, 0.3) is 0 Å². The molecule has 0 spiro atoms. The molecule has 0 bridgehead atoms. The van der Waals surface area contributed by atoms with Gasteiger partial charge in [-0.3, -0.25) is 9.59 Å². The lowest BCUT2D eigenvalue weighted by molar-refractivity contribution is -0.212. The Hall–Kier alpha value is -2.29. The van der Waals surface area contributed by atoms with E-state index in [1.165, 1.54) is 9.47 Å². The van der Waals surface area contributed by atoms with Crippen molar-refractivity contribution in [2.75, 3.05) is 0 Å². The summed E-state index contributed by atoms with van der Waals surface area (Å²) in [5.41, 5.74) is 1.40. The molecule has 3 heterocycles. The minimum absolute atomic E-state index is 0.0791. The molecular formula is C14H12ClF3N4O2. The van der Waals surface area contributed by atoms with Crippen molar-refractivity contribution < 1.29 is 18.0 Å². The first-order chi connectivity index (χ1) is 11.1. The molecule has 1 amide bonds. The second kappa shape index (κ2) is 5.37. The van der Waals surface area contributed by atoms with Gasteiger partial charge < -0.3 is 9.47 Å². The Labute approximate surface area is 139 Å². The van der Waals surface area contributed by atoms with Gasteiger partial charge in [-0.25, -0.2) is 0 Å². The average Bonchev–Trinajstić information content (AvgIpc) is 3.16.